The number of imidazole rings is 1. The predicted molar refractivity (Wildman–Crippen MR) is 124 cm³/mol. The van der Waals surface area contributed by atoms with E-state index in [0.717, 1.165) is 25.3 Å². The second kappa shape index (κ2) is 9.72. The van der Waals surface area contributed by atoms with Crippen molar-refractivity contribution in [1.82, 2.24) is 18.8 Å². The summed E-state index contributed by atoms with van der Waals surface area (Å²) >= 11 is 0. The van der Waals surface area contributed by atoms with Gasteiger partial charge in [-0.2, -0.15) is 4.31 Å². The van der Waals surface area contributed by atoms with Gasteiger partial charge in [-0.3, -0.25) is 9.69 Å². The molecule has 0 aliphatic carbocycles. The molecule has 0 atom stereocenters. The summed E-state index contributed by atoms with van der Waals surface area (Å²) in [5.74, 6) is 0.420. The Kier molecular flexibility index (Phi) is 6.97. The van der Waals surface area contributed by atoms with Crippen LogP contribution in [0.2, 0.25) is 0 Å². The Morgan fingerprint density at radius 1 is 1.12 bits per heavy atom. The Morgan fingerprint density at radius 2 is 1.84 bits per heavy atom. The number of sulfonamides is 1. The molecule has 2 fully saturated rings. The molecule has 2 saturated heterocycles. The number of hydrogen-bond acceptors (Lipinski definition) is 5. The number of amides is 1. The third-order valence-electron chi connectivity index (χ3n) is 6.56. The lowest BCUT2D eigenvalue weighted by Crippen LogP contribution is -2.41. The fraction of sp³-hybridized carbons (Fsp3) is 0.565. The largest absolute Gasteiger partial charge is 0.337 e. The summed E-state index contributed by atoms with van der Waals surface area (Å²) in [4.78, 5) is 19.5. The molecule has 1 amide bonds. The van der Waals surface area contributed by atoms with E-state index in [0.29, 0.717) is 31.8 Å². The van der Waals surface area contributed by atoms with E-state index in [1.807, 2.05) is 12.1 Å². The number of nitrogens with zero attached hydrogens (tertiary/aromatic N) is 4. The van der Waals surface area contributed by atoms with Gasteiger partial charge in [0.1, 0.15) is 5.82 Å². The number of aromatic nitrogens is 2. The lowest BCUT2D eigenvalue weighted by molar-refractivity contribution is -0.120. The zero-order valence-corrected chi connectivity index (χ0v) is 19.8. The van der Waals surface area contributed by atoms with Crippen LogP contribution in [0.3, 0.4) is 0 Å². The summed E-state index contributed by atoms with van der Waals surface area (Å²) in [6, 6.07) is 8.06. The monoisotopic (exact) mass is 459 g/mol. The van der Waals surface area contributed by atoms with Gasteiger partial charge in [-0.15, -0.1) is 0 Å². The lowest BCUT2D eigenvalue weighted by atomic mass is 9.97. The van der Waals surface area contributed by atoms with Crippen LogP contribution in [0.1, 0.15) is 43.5 Å². The minimum atomic E-state index is -3.63. The number of carbonyl (C=O) groups is 1. The highest BCUT2D eigenvalue weighted by atomic mass is 32.2. The summed E-state index contributed by atoms with van der Waals surface area (Å²) in [5.41, 5.74) is 2.01. The standard InChI is InChI=1S/C23H33N5O3S/c1-18-24-22(17-26(18)2)32(30,31)28-13-9-20(10-14-28)23(29)25-21-8-6-7-19(15-21)16-27-11-4-3-5-12-27/h6-8,15,17,20H,3-5,9-14,16H2,1-2H3,(H,25,29). The van der Waals surface area contributed by atoms with Gasteiger partial charge >= 0.3 is 0 Å². The van der Waals surface area contributed by atoms with Crippen molar-refractivity contribution in [3.8, 4) is 0 Å². The molecule has 2 aliphatic heterocycles. The van der Waals surface area contributed by atoms with Gasteiger partial charge < -0.3 is 9.88 Å². The minimum Gasteiger partial charge on any atom is -0.337 e. The first kappa shape index (κ1) is 22.9. The van der Waals surface area contributed by atoms with Crippen molar-refractivity contribution in [3.05, 3.63) is 41.9 Å². The highest BCUT2D eigenvalue weighted by Crippen LogP contribution is 2.25. The van der Waals surface area contributed by atoms with Crippen LogP contribution >= 0.6 is 0 Å². The molecule has 3 heterocycles. The highest BCUT2D eigenvalue weighted by molar-refractivity contribution is 7.89. The third-order valence-corrected chi connectivity index (χ3v) is 8.34. The Bertz CT molecular complexity index is 1030. The summed E-state index contributed by atoms with van der Waals surface area (Å²) < 4.78 is 28.9. The van der Waals surface area contributed by atoms with E-state index in [-0.39, 0.29) is 16.9 Å². The maximum Gasteiger partial charge on any atom is 0.262 e. The Balaban J connectivity index is 1.32. The average Bonchev–Trinajstić information content (AvgIpc) is 3.14. The lowest BCUT2D eigenvalue weighted by Gasteiger charge is -2.30. The predicted octanol–water partition coefficient (Wildman–Crippen LogP) is 2.75. The maximum absolute atomic E-state index is 12.9. The minimum absolute atomic E-state index is 0.0362. The molecule has 174 valence electrons. The van der Waals surface area contributed by atoms with Crippen molar-refractivity contribution in [1.29, 1.82) is 0 Å². The Hall–Kier alpha value is -2.23. The molecular formula is C23H33N5O3S. The normalized spacial score (nSPS) is 19.2. The summed E-state index contributed by atoms with van der Waals surface area (Å²) in [5, 5.41) is 3.12. The van der Waals surface area contributed by atoms with Crippen molar-refractivity contribution in [3.63, 3.8) is 0 Å². The van der Waals surface area contributed by atoms with Crippen LogP contribution in [0, 0.1) is 12.8 Å². The molecule has 1 aromatic carbocycles. The molecular weight excluding hydrogens is 426 g/mol. The number of likely N-dealkylation sites (tertiary alicyclic amines) is 1. The van der Waals surface area contributed by atoms with Crippen molar-refractivity contribution < 1.29 is 13.2 Å². The van der Waals surface area contributed by atoms with Gasteiger partial charge in [0.15, 0.2) is 5.03 Å². The van der Waals surface area contributed by atoms with E-state index in [1.54, 1.807) is 24.7 Å². The van der Waals surface area contributed by atoms with Crippen molar-refractivity contribution in [2.24, 2.45) is 13.0 Å². The van der Waals surface area contributed by atoms with E-state index in [9.17, 15) is 13.2 Å². The molecule has 1 aromatic heterocycles. The van der Waals surface area contributed by atoms with Crippen LogP contribution in [0.15, 0.2) is 35.5 Å². The quantitative estimate of drug-likeness (QED) is 0.718. The summed E-state index contributed by atoms with van der Waals surface area (Å²) in [7, 11) is -1.85. The fourth-order valence-electron chi connectivity index (χ4n) is 4.51. The first-order chi connectivity index (χ1) is 15.3. The summed E-state index contributed by atoms with van der Waals surface area (Å²) in [6.45, 7) is 5.60. The smallest absolute Gasteiger partial charge is 0.262 e. The molecule has 9 heteroatoms. The zero-order valence-electron chi connectivity index (χ0n) is 19.0. The number of aryl methyl sites for hydroxylation is 2. The van der Waals surface area contributed by atoms with Gasteiger partial charge in [0.25, 0.3) is 10.0 Å². The zero-order chi connectivity index (χ0) is 22.7. The molecule has 0 saturated carbocycles. The first-order valence-corrected chi connectivity index (χ1v) is 12.9. The van der Waals surface area contributed by atoms with Crippen LogP contribution in [0.25, 0.3) is 0 Å². The third kappa shape index (κ3) is 5.22. The molecule has 1 N–H and O–H groups in total. The van der Waals surface area contributed by atoms with E-state index in [2.05, 4.69) is 27.3 Å². The van der Waals surface area contributed by atoms with E-state index < -0.39 is 10.0 Å². The van der Waals surface area contributed by atoms with Crippen molar-refractivity contribution >= 4 is 21.6 Å². The Labute approximate surface area is 190 Å². The van der Waals surface area contributed by atoms with Gasteiger partial charge in [0.2, 0.25) is 5.91 Å². The number of rotatable bonds is 6. The second-order valence-corrected chi connectivity index (χ2v) is 10.8. The molecule has 8 nitrogen and oxygen atoms in total. The topological polar surface area (TPSA) is 87.5 Å². The highest BCUT2D eigenvalue weighted by Gasteiger charge is 2.33. The van der Waals surface area contributed by atoms with Crippen molar-refractivity contribution in [2.75, 3.05) is 31.5 Å². The van der Waals surface area contributed by atoms with Gasteiger partial charge in [-0.05, 0) is 63.4 Å². The maximum atomic E-state index is 12.9. The van der Waals surface area contributed by atoms with Crippen LogP contribution in [-0.2, 0) is 28.4 Å². The number of benzene rings is 1. The number of anilines is 1. The van der Waals surface area contributed by atoms with Crippen molar-refractivity contribution in [2.45, 2.75) is 50.6 Å². The van der Waals surface area contributed by atoms with Gasteiger partial charge in [-0.1, -0.05) is 18.6 Å². The number of carbonyl (C=O) groups excluding carboxylic acids is 1. The molecule has 4 rings (SSSR count). The number of nitrogens with one attached hydrogen (secondary N) is 1. The Morgan fingerprint density at radius 3 is 2.50 bits per heavy atom. The molecule has 32 heavy (non-hydrogen) atoms. The van der Waals surface area contributed by atoms with Gasteiger partial charge in [-0.25, -0.2) is 13.4 Å². The van der Waals surface area contributed by atoms with Crippen LogP contribution in [0.4, 0.5) is 5.69 Å². The van der Waals surface area contributed by atoms with Crippen LogP contribution in [0.5, 0.6) is 0 Å². The second-order valence-electron chi connectivity index (χ2n) is 8.94. The summed E-state index contributed by atoms with van der Waals surface area (Å²) in [6.07, 6.45) is 6.37. The fourth-order valence-corrected chi connectivity index (χ4v) is 6.00. The van der Waals surface area contributed by atoms with E-state index in [4.69, 9.17) is 0 Å². The molecule has 0 radical (unpaired) electrons. The molecule has 2 aliphatic rings. The molecule has 0 unspecified atom stereocenters. The molecule has 2 aromatic rings. The first-order valence-electron chi connectivity index (χ1n) is 11.5. The molecule has 0 bridgehead atoms. The number of piperidine rings is 2. The van der Waals surface area contributed by atoms with E-state index >= 15 is 0 Å². The van der Waals surface area contributed by atoms with Crippen LogP contribution < -0.4 is 5.32 Å². The number of hydrogen-bond donors (Lipinski definition) is 1. The average molecular weight is 460 g/mol. The molecule has 0 spiro atoms. The van der Waals surface area contributed by atoms with E-state index in [1.165, 1.54) is 29.1 Å². The van der Waals surface area contributed by atoms with Gasteiger partial charge in [0.05, 0.1) is 0 Å². The van der Waals surface area contributed by atoms with Gasteiger partial charge in [0, 0.05) is 44.5 Å². The van der Waals surface area contributed by atoms with Crippen LogP contribution in [-0.4, -0.2) is 59.3 Å². The SMILES string of the molecule is Cc1nc(S(=O)(=O)N2CCC(C(=O)Nc3cccc(CN4CCCCC4)c3)CC2)cn1C.